The Labute approximate surface area is 116 Å². The van der Waals surface area contributed by atoms with E-state index in [1.54, 1.807) is 11.8 Å². The lowest BCUT2D eigenvalue weighted by Crippen LogP contribution is -2.36. The van der Waals surface area contributed by atoms with Crippen molar-refractivity contribution in [3.8, 4) is 0 Å². The summed E-state index contributed by atoms with van der Waals surface area (Å²) in [5, 5.41) is 11.2. The fraction of sp³-hybridized carbons (Fsp3) is 0.583. The van der Waals surface area contributed by atoms with E-state index in [1.165, 1.54) is 0 Å². The van der Waals surface area contributed by atoms with Crippen LogP contribution in [0.2, 0.25) is 0 Å². The minimum atomic E-state index is -0.997. The number of hydrogen-bond donors (Lipinski definition) is 2. The van der Waals surface area contributed by atoms with E-state index in [-0.39, 0.29) is 0 Å². The van der Waals surface area contributed by atoms with E-state index in [4.69, 9.17) is 5.11 Å². The van der Waals surface area contributed by atoms with Crippen LogP contribution >= 0.6 is 11.8 Å². The number of carbonyl (C=O) groups excluding carboxylic acids is 1. The zero-order chi connectivity index (χ0) is 14.1. The highest BCUT2D eigenvalue weighted by Gasteiger charge is 2.15. The highest BCUT2D eigenvalue weighted by atomic mass is 32.2. The van der Waals surface area contributed by atoms with Crippen LogP contribution in [0.5, 0.6) is 0 Å². The summed E-state index contributed by atoms with van der Waals surface area (Å²) < 4.78 is 2.10. The van der Waals surface area contributed by atoms with Gasteiger partial charge < -0.3 is 15.0 Å². The second-order valence-electron chi connectivity index (χ2n) is 4.09. The first-order valence-corrected chi connectivity index (χ1v) is 7.33. The molecular formula is C12H19N3O3S. The second kappa shape index (κ2) is 8.58. The van der Waals surface area contributed by atoms with Gasteiger partial charge in [-0.05, 0) is 18.6 Å². The van der Waals surface area contributed by atoms with Crippen molar-refractivity contribution in [2.24, 2.45) is 0 Å². The van der Waals surface area contributed by atoms with E-state index in [2.05, 4.69) is 21.8 Å². The van der Waals surface area contributed by atoms with Crippen LogP contribution in [-0.4, -0.2) is 38.8 Å². The molecule has 7 heteroatoms. The van der Waals surface area contributed by atoms with Crippen molar-refractivity contribution in [3.63, 3.8) is 0 Å². The Kier molecular flexibility index (Phi) is 7.02. The summed E-state index contributed by atoms with van der Waals surface area (Å²) in [6.07, 6.45) is 5.55. The molecule has 0 saturated carbocycles. The normalized spacial score (nSPS) is 12.1. The first kappa shape index (κ1) is 15.6. The van der Waals surface area contributed by atoms with E-state index in [1.807, 2.05) is 12.5 Å². The number of nitrogens with one attached hydrogen (secondary N) is 1. The lowest BCUT2D eigenvalue weighted by atomic mass is 10.2. The molecule has 0 bridgehead atoms. The van der Waals surface area contributed by atoms with Crippen LogP contribution in [0.3, 0.4) is 0 Å². The van der Waals surface area contributed by atoms with Gasteiger partial charge in [0.25, 0.3) is 0 Å². The number of aromatic nitrogens is 2. The number of hydrogen-bond acceptors (Lipinski definition) is 4. The third kappa shape index (κ3) is 5.34. The average molecular weight is 285 g/mol. The van der Waals surface area contributed by atoms with Crippen molar-refractivity contribution in [3.05, 3.63) is 18.2 Å². The van der Waals surface area contributed by atoms with Gasteiger partial charge in [-0.2, -0.15) is 11.8 Å². The molecule has 0 aliphatic heterocycles. The van der Waals surface area contributed by atoms with Crippen molar-refractivity contribution in [2.75, 3.05) is 5.75 Å². The van der Waals surface area contributed by atoms with Crippen LogP contribution < -0.4 is 5.32 Å². The standard InChI is InChI=1S/C12H19N3O3S/c1-2-4-15-8-13-6-10(15)7-19-5-3-11(12(17)18)14-9-16/h6,8-9,11H,2-5,7H2,1H3,(H,14,16)(H,17,18). The first-order valence-electron chi connectivity index (χ1n) is 6.18. The monoisotopic (exact) mass is 285 g/mol. The summed E-state index contributed by atoms with van der Waals surface area (Å²) in [4.78, 5) is 25.2. The largest absolute Gasteiger partial charge is 0.480 e. The Morgan fingerprint density at radius 2 is 2.47 bits per heavy atom. The van der Waals surface area contributed by atoms with Crippen LogP contribution in [0.25, 0.3) is 0 Å². The molecule has 1 amide bonds. The van der Waals surface area contributed by atoms with Crippen molar-refractivity contribution in [1.82, 2.24) is 14.9 Å². The van der Waals surface area contributed by atoms with Crippen LogP contribution in [0, 0.1) is 0 Å². The molecule has 1 rings (SSSR count). The van der Waals surface area contributed by atoms with Crippen LogP contribution in [0.15, 0.2) is 12.5 Å². The predicted octanol–water partition coefficient (Wildman–Crippen LogP) is 1.12. The number of aliphatic carboxylic acids is 1. The van der Waals surface area contributed by atoms with Gasteiger partial charge in [0.05, 0.1) is 6.33 Å². The van der Waals surface area contributed by atoms with Crippen molar-refractivity contribution < 1.29 is 14.7 Å². The highest BCUT2D eigenvalue weighted by molar-refractivity contribution is 7.98. The van der Waals surface area contributed by atoms with Gasteiger partial charge in [-0.15, -0.1) is 0 Å². The van der Waals surface area contributed by atoms with Crippen molar-refractivity contribution >= 4 is 24.1 Å². The van der Waals surface area contributed by atoms with Gasteiger partial charge >= 0.3 is 5.97 Å². The van der Waals surface area contributed by atoms with Gasteiger partial charge in [0.15, 0.2) is 0 Å². The van der Waals surface area contributed by atoms with E-state index >= 15 is 0 Å². The van der Waals surface area contributed by atoms with Crippen molar-refractivity contribution in [1.29, 1.82) is 0 Å². The number of imidazole rings is 1. The zero-order valence-corrected chi connectivity index (χ0v) is 11.7. The van der Waals surface area contributed by atoms with E-state index in [9.17, 15) is 9.59 Å². The van der Waals surface area contributed by atoms with Gasteiger partial charge in [-0.25, -0.2) is 9.78 Å². The molecule has 0 fully saturated rings. The Bertz CT molecular complexity index is 409. The van der Waals surface area contributed by atoms with E-state index in [0.29, 0.717) is 18.6 Å². The first-order chi connectivity index (χ1) is 9.19. The molecule has 1 atom stereocenters. The molecule has 0 saturated heterocycles. The molecule has 0 aliphatic carbocycles. The molecule has 1 unspecified atom stereocenters. The zero-order valence-electron chi connectivity index (χ0n) is 10.9. The molecule has 0 spiro atoms. The van der Waals surface area contributed by atoms with Crippen LogP contribution in [-0.2, 0) is 21.9 Å². The van der Waals surface area contributed by atoms with Crippen LogP contribution in [0.4, 0.5) is 0 Å². The van der Waals surface area contributed by atoms with Crippen molar-refractivity contribution in [2.45, 2.75) is 38.1 Å². The van der Waals surface area contributed by atoms with Gasteiger partial charge in [0.1, 0.15) is 6.04 Å². The third-order valence-corrected chi connectivity index (χ3v) is 3.66. The molecule has 0 radical (unpaired) electrons. The molecule has 2 N–H and O–H groups in total. The smallest absolute Gasteiger partial charge is 0.326 e. The Morgan fingerprint density at radius 1 is 1.68 bits per heavy atom. The summed E-state index contributed by atoms with van der Waals surface area (Å²) in [6.45, 7) is 3.06. The summed E-state index contributed by atoms with van der Waals surface area (Å²) in [6, 6.07) is -0.800. The molecule has 6 nitrogen and oxygen atoms in total. The second-order valence-corrected chi connectivity index (χ2v) is 5.20. The minimum absolute atomic E-state index is 0.417. The maximum absolute atomic E-state index is 10.8. The molecule has 1 aromatic heterocycles. The number of nitrogens with zero attached hydrogens (tertiary/aromatic N) is 2. The summed E-state index contributed by atoms with van der Waals surface area (Å²) in [5.74, 6) is 0.478. The quantitative estimate of drug-likeness (QED) is 0.497. The average Bonchev–Trinajstić information content (AvgIpc) is 2.81. The number of thioether (sulfide) groups is 1. The Balaban J connectivity index is 2.31. The Morgan fingerprint density at radius 3 is 3.11 bits per heavy atom. The number of aryl methyl sites for hydroxylation is 1. The molecule has 1 heterocycles. The minimum Gasteiger partial charge on any atom is -0.480 e. The third-order valence-electron chi connectivity index (χ3n) is 2.63. The number of amides is 1. The maximum atomic E-state index is 10.8. The highest BCUT2D eigenvalue weighted by Crippen LogP contribution is 2.14. The Hall–Kier alpha value is -1.50. The molecule has 0 aliphatic rings. The van der Waals surface area contributed by atoms with Crippen LogP contribution in [0.1, 0.15) is 25.5 Å². The SMILES string of the molecule is CCCn1cncc1CSCCC(NC=O)C(=O)O. The predicted molar refractivity (Wildman–Crippen MR) is 73.9 cm³/mol. The van der Waals surface area contributed by atoms with E-state index < -0.39 is 12.0 Å². The van der Waals surface area contributed by atoms with Gasteiger partial charge in [-0.3, -0.25) is 4.79 Å². The molecular weight excluding hydrogens is 266 g/mol. The fourth-order valence-corrected chi connectivity index (χ4v) is 2.64. The fourth-order valence-electron chi connectivity index (χ4n) is 1.65. The number of carboxylic acid groups (broad SMARTS) is 1. The lowest BCUT2D eigenvalue weighted by Gasteiger charge is -2.11. The molecule has 0 aromatic carbocycles. The molecule has 1 aromatic rings. The molecule has 106 valence electrons. The van der Waals surface area contributed by atoms with Gasteiger partial charge in [0.2, 0.25) is 6.41 Å². The van der Waals surface area contributed by atoms with Gasteiger partial charge in [-0.1, -0.05) is 6.92 Å². The number of carboxylic acids is 1. The number of rotatable bonds is 10. The summed E-state index contributed by atoms with van der Waals surface area (Å²) >= 11 is 1.64. The topological polar surface area (TPSA) is 84.2 Å². The maximum Gasteiger partial charge on any atom is 0.326 e. The van der Waals surface area contributed by atoms with Gasteiger partial charge in [0, 0.05) is 24.2 Å². The number of carbonyl (C=O) groups is 2. The molecule has 19 heavy (non-hydrogen) atoms. The van der Waals surface area contributed by atoms with E-state index in [0.717, 1.165) is 24.4 Å². The lowest BCUT2D eigenvalue weighted by molar-refractivity contribution is -0.140. The summed E-state index contributed by atoms with van der Waals surface area (Å²) in [5.41, 5.74) is 1.14. The summed E-state index contributed by atoms with van der Waals surface area (Å²) in [7, 11) is 0.